The van der Waals surface area contributed by atoms with Crippen molar-refractivity contribution in [2.45, 2.75) is 55.2 Å². The summed E-state index contributed by atoms with van der Waals surface area (Å²) in [5.74, 6) is 0. The van der Waals surface area contributed by atoms with Crippen molar-refractivity contribution < 1.29 is 0 Å². The van der Waals surface area contributed by atoms with Gasteiger partial charge in [-0.1, -0.05) is 31.5 Å². The molecule has 2 heteroatoms. The molecule has 2 aliphatic rings. The van der Waals surface area contributed by atoms with E-state index in [4.69, 9.17) is 0 Å². The van der Waals surface area contributed by atoms with E-state index in [1.165, 1.54) is 38.6 Å². The molecule has 17 heavy (non-hydrogen) atoms. The molecule has 0 saturated carbocycles. The van der Waals surface area contributed by atoms with E-state index in [9.17, 15) is 0 Å². The Hall–Kier alpha value is -0.470. The zero-order valence-electron chi connectivity index (χ0n) is 10.5. The number of fused-ring (bicyclic) bond motifs is 1. The quantitative estimate of drug-likeness (QED) is 0.859. The Morgan fingerprint density at radius 2 is 2.29 bits per heavy atom. The molecule has 2 atom stereocenters. The highest BCUT2D eigenvalue weighted by molar-refractivity contribution is 8.00. The van der Waals surface area contributed by atoms with Gasteiger partial charge in [0.05, 0.1) is 0 Å². The molecule has 1 aromatic rings. The van der Waals surface area contributed by atoms with Crippen LogP contribution in [0.1, 0.15) is 37.3 Å². The van der Waals surface area contributed by atoms with E-state index in [2.05, 4.69) is 42.2 Å². The van der Waals surface area contributed by atoms with Crippen molar-refractivity contribution in [3.63, 3.8) is 0 Å². The molecule has 2 aliphatic heterocycles. The van der Waals surface area contributed by atoms with Crippen molar-refractivity contribution in [1.82, 2.24) is 5.32 Å². The molecular formula is C15H21NS. The molecule has 0 spiro atoms. The number of hydrogen-bond acceptors (Lipinski definition) is 2. The van der Waals surface area contributed by atoms with Gasteiger partial charge in [0.1, 0.15) is 0 Å². The molecule has 0 aliphatic carbocycles. The van der Waals surface area contributed by atoms with E-state index in [0.717, 1.165) is 5.25 Å². The third-order valence-electron chi connectivity index (χ3n) is 3.88. The molecule has 1 saturated heterocycles. The van der Waals surface area contributed by atoms with Crippen molar-refractivity contribution in [3.05, 3.63) is 29.3 Å². The smallest absolute Gasteiger partial charge is 0.0140 e. The number of hydrogen-bond donors (Lipinski definition) is 1. The Balaban J connectivity index is 1.77. The standard InChI is InChI=1S/C15H21NS/c1-11-9-12-5-4-6-13(15(12)17-11)10-14-7-2-3-8-16-14/h4-6,11,14,16H,2-3,7-10H2,1H3. The monoisotopic (exact) mass is 247 g/mol. The molecule has 1 N–H and O–H groups in total. The third-order valence-corrected chi connectivity index (χ3v) is 5.21. The first-order valence-corrected chi connectivity index (χ1v) is 7.71. The highest BCUT2D eigenvalue weighted by Gasteiger charge is 2.22. The maximum atomic E-state index is 3.66. The van der Waals surface area contributed by atoms with E-state index < -0.39 is 0 Å². The average molecular weight is 247 g/mol. The molecule has 3 rings (SSSR count). The van der Waals surface area contributed by atoms with Gasteiger partial charge in [0.15, 0.2) is 0 Å². The summed E-state index contributed by atoms with van der Waals surface area (Å²) in [6.07, 6.45) is 6.59. The van der Waals surface area contributed by atoms with Crippen LogP contribution in [0.5, 0.6) is 0 Å². The van der Waals surface area contributed by atoms with Crippen molar-refractivity contribution >= 4 is 11.8 Å². The number of piperidine rings is 1. The van der Waals surface area contributed by atoms with Crippen LogP contribution in [0.25, 0.3) is 0 Å². The third kappa shape index (κ3) is 2.53. The van der Waals surface area contributed by atoms with Crippen molar-refractivity contribution in [2.24, 2.45) is 0 Å². The fraction of sp³-hybridized carbons (Fsp3) is 0.600. The average Bonchev–Trinajstić information content (AvgIpc) is 2.72. The minimum atomic E-state index is 0.715. The van der Waals surface area contributed by atoms with E-state index in [1.54, 1.807) is 16.0 Å². The summed E-state index contributed by atoms with van der Waals surface area (Å²) in [6, 6.07) is 7.60. The molecular weight excluding hydrogens is 226 g/mol. The van der Waals surface area contributed by atoms with Crippen molar-refractivity contribution in [1.29, 1.82) is 0 Å². The minimum Gasteiger partial charge on any atom is -0.314 e. The SMILES string of the molecule is CC1Cc2cccc(CC3CCCCN3)c2S1. The Morgan fingerprint density at radius 1 is 1.35 bits per heavy atom. The lowest BCUT2D eigenvalue weighted by Crippen LogP contribution is -2.35. The lowest BCUT2D eigenvalue weighted by Gasteiger charge is -2.24. The lowest BCUT2D eigenvalue weighted by molar-refractivity contribution is 0.398. The lowest BCUT2D eigenvalue weighted by atomic mass is 9.96. The minimum absolute atomic E-state index is 0.715. The maximum Gasteiger partial charge on any atom is 0.0140 e. The second kappa shape index (κ2) is 5.03. The van der Waals surface area contributed by atoms with Gasteiger partial charge in [0, 0.05) is 16.2 Å². The molecule has 1 fully saturated rings. The van der Waals surface area contributed by atoms with Crippen LogP contribution in [-0.2, 0) is 12.8 Å². The second-order valence-corrected chi connectivity index (χ2v) is 6.84. The summed E-state index contributed by atoms with van der Waals surface area (Å²) in [5.41, 5.74) is 3.16. The second-order valence-electron chi connectivity index (χ2n) is 5.39. The van der Waals surface area contributed by atoms with Gasteiger partial charge in [-0.2, -0.15) is 0 Å². The number of nitrogens with one attached hydrogen (secondary N) is 1. The van der Waals surface area contributed by atoms with Crippen LogP contribution in [0, 0.1) is 0 Å². The van der Waals surface area contributed by atoms with Gasteiger partial charge in [0.2, 0.25) is 0 Å². The van der Waals surface area contributed by atoms with Crippen molar-refractivity contribution in [2.75, 3.05) is 6.54 Å². The summed E-state index contributed by atoms with van der Waals surface area (Å²) >= 11 is 2.08. The van der Waals surface area contributed by atoms with Crippen LogP contribution < -0.4 is 5.32 Å². The van der Waals surface area contributed by atoms with Crippen LogP contribution in [0.15, 0.2) is 23.1 Å². The molecule has 0 radical (unpaired) electrons. The van der Waals surface area contributed by atoms with Crippen LogP contribution in [0.4, 0.5) is 0 Å². The van der Waals surface area contributed by atoms with E-state index in [-0.39, 0.29) is 0 Å². The topological polar surface area (TPSA) is 12.0 Å². The molecule has 92 valence electrons. The predicted octanol–water partition coefficient (Wildman–Crippen LogP) is 3.41. The van der Waals surface area contributed by atoms with E-state index >= 15 is 0 Å². The molecule has 0 amide bonds. The summed E-state index contributed by atoms with van der Waals surface area (Å²) in [6.45, 7) is 3.55. The normalized spacial score (nSPS) is 28.1. The Labute approximate surface area is 108 Å². The van der Waals surface area contributed by atoms with E-state index in [0.29, 0.717) is 6.04 Å². The number of rotatable bonds is 2. The van der Waals surface area contributed by atoms with Gasteiger partial charge in [-0.25, -0.2) is 0 Å². The summed E-state index contributed by atoms with van der Waals surface area (Å²) < 4.78 is 0. The first kappa shape index (κ1) is 11.6. The summed E-state index contributed by atoms with van der Waals surface area (Å²) in [5, 5.41) is 4.43. The first-order valence-electron chi connectivity index (χ1n) is 6.84. The first-order chi connectivity index (χ1) is 8.33. The molecule has 2 unspecified atom stereocenters. The Bertz CT molecular complexity index is 396. The van der Waals surface area contributed by atoms with Gasteiger partial charge in [0.25, 0.3) is 0 Å². The molecule has 2 heterocycles. The maximum absolute atomic E-state index is 3.66. The molecule has 1 aromatic carbocycles. The zero-order chi connectivity index (χ0) is 11.7. The Morgan fingerprint density at radius 3 is 3.12 bits per heavy atom. The summed E-state index contributed by atoms with van der Waals surface area (Å²) in [7, 11) is 0. The molecule has 1 nitrogen and oxygen atoms in total. The van der Waals surface area contributed by atoms with Gasteiger partial charge in [-0.15, -0.1) is 11.8 Å². The number of thioether (sulfide) groups is 1. The molecule has 0 bridgehead atoms. The fourth-order valence-corrected chi connectivity index (χ4v) is 4.30. The summed E-state index contributed by atoms with van der Waals surface area (Å²) in [4.78, 5) is 1.59. The van der Waals surface area contributed by atoms with Crippen molar-refractivity contribution in [3.8, 4) is 0 Å². The fourth-order valence-electron chi connectivity index (χ4n) is 3.03. The Kier molecular flexibility index (Phi) is 3.44. The van der Waals surface area contributed by atoms with Gasteiger partial charge in [-0.05, 0) is 43.4 Å². The highest BCUT2D eigenvalue weighted by Crippen LogP contribution is 2.39. The molecule has 0 aromatic heterocycles. The van der Waals surface area contributed by atoms with Gasteiger partial charge >= 0.3 is 0 Å². The van der Waals surface area contributed by atoms with Crippen LogP contribution >= 0.6 is 11.8 Å². The zero-order valence-corrected chi connectivity index (χ0v) is 11.4. The highest BCUT2D eigenvalue weighted by atomic mass is 32.2. The van der Waals surface area contributed by atoms with Gasteiger partial charge in [-0.3, -0.25) is 0 Å². The number of benzene rings is 1. The van der Waals surface area contributed by atoms with Gasteiger partial charge < -0.3 is 5.32 Å². The van der Waals surface area contributed by atoms with E-state index in [1.807, 2.05) is 0 Å². The largest absolute Gasteiger partial charge is 0.314 e. The van der Waals surface area contributed by atoms with Crippen LogP contribution in [0.3, 0.4) is 0 Å². The van der Waals surface area contributed by atoms with Crippen LogP contribution in [0.2, 0.25) is 0 Å². The van der Waals surface area contributed by atoms with Crippen LogP contribution in [-0.4, -0.2) is 17.8 Å². The predicted molar refractivity (Wildman–Crippen MR) is 74.8 cm³/mol.